The summed E-state index contributed by atoms with van der Waals surface area (Å²) < 4.78 is 0. The summed E-state index contributed by atoms with van der Waals surface area (Å²) in [5.74, 6) is -0.355. The van der Waals surface area contributed by atoms with Crippen molar-refractivity contribution in [2.75, 3.05) is 5.73 Å². The van der Waals surface area contributed by atoms with Gasteiger partial charge in [0.25, 0.3) is 0 Å². The van der Waals surface area contributed by atoms with Crippen molar-refractivity contribution in [2.24, 2.45) is 5.73 Å². The number of aromatic nitrogens is 2. The first-order valence-electron chi connectivity index (χ1n) is 3.35. The highest BCUT2D eigenvalue weighted by molar-refractivity contribution is 6.28. The number of carbonyl (C=O) groups excluding carboxylic acids is 1. The van der Waals surface area contributed by atoms with E-state index in [1.807, 2.05) is 0 Å². The van der Waals surface area contributed by atoms with Crippen LogP contribution in [0, 0.1) is 0 Å². The summed E-state index contributed by atoms with van der Waals surface area (Å²) in [5.41, 5.74) is 10.9. The molecule has 0 saturated heterocycles. The molecule has 0 fully saturated rings. The van der Waals surface area contributed by atoms with Crippen molar-refractivity contribution < 1.29 is 4.79 Å². The minimum absolute atomic E-state index is 0.0636. The van der Waals surface area contributed by atoms with Crippen molar-refractivity contribution in [3.63, 3.8) is 0 Å². The molecule has 4 N–H and O–H groups in total. The van der Waals surface area contributed by atoms with E-state index in [0.717, 1.165) is 0 Å². The van der Waals surface area contributed by atoms with Crippen LogP contribution in [-0.4, -0.2) is 15.9 Å². The Kier molecular flexibility index (Phi) is 2.81. The van der Waals surface area contributed by atoms with Crippen LogP contribution in [0.1, 0.15) is 5.56 Å². The summed E-state index contributed by atoms with van der Waals surface area (Å²) in [7, 11) is 0. The zero-order valence-corrected chi connectivity index (χ0v) is 7.32. The molecule has 0 radical (unpaired) electrons. The number of hydrogen-bond donors (Lipinski definition) is 2. The zero-order valence-electron chi connectivity index (χ0n) is 6.57. The molecular weight excluding hydrogens is 192 g/mol. The predicted octanol–water partition coefficient (Wildman–Crippen LogP) is 0.211. The van der Waals surface area contributed by atoms with Crippen LogP contribution < -0.4 is 11.5 Å². The SMILES string of the molecule is NC(=O)C=Cc1cnc(Cl)nc1N. The van der Waals surface area contributed by atoms with Gasteiger partial charge in [0, 0.05) is 17.8 Å². The van der Waals surface area contributed by atoms with Crippen LogP contribution in [0.15, 0.2) is 12.3 Å². The van der Waals surface area contributed by atoms with Gasteiger partial charge in [-0.2, -0.15) is 0 Å². The molecule has 1 aromatic rings. The van der Waals surface area contributed by atoms with Crippen molar-refractivity contribution in [2.45, 2.75) is 0 Å². The highest BCUT2D eigenvalue weighted by atomic mass is 35.5. The van der Waals surface area contributed by atoms with Gasteiger partial charge in [0.1, 0.15) is 5.82 Å². The maximum Gasteiger partial charge on any atom is 0.241 e. The van der Waals surface area contributed by atoms with Gasteiger partial charge in [0.2, 0.25) is 11.2 Å². The topological polar surface area (TPSA) is 94.9 Å². The Balaban J connectivity index is 2.96. The van der Waals surface area contributed by atoms with E-state index in [4.69, 9.17) is 23.1 Å². The van der Waals surface area contributed by atoms with E-state index >= 15 is 0 Å². The molecule has 0 bridgehead atoms. The number of anilines is 1. The monoisotopic (exact) mass is 198 g/mol. The van der Waals surface area contributed by atoms with Gasteiger partial charge in [0.15, 0.2) is 0 Å². The van der Waals surface area contributed by atoms with Crippen molar-refractivity contribution in [1.29, 1.82) is 0 Å². The lowest BCUT2D eigenvalue weighted by atomic mass is 10.3. The fourth-order valence-electron chi connectivity index (χ4n) is 0.682. The van der Waals surface area contributed by atoms with Crippen molar-refractivity contribution in [3.05, 3.63) is 23.1 Å². The molecule has 0 saturated carbocycles. The molecule has 1 amide bonds. The van der Waals surface area contributed by atoms with Gasteiger partial charge in [-0.15, -0.1) is 0 Å². The summed E-state index contributed by atoms with van der Waals surface area (Å²) in [6.07, 6.45) is 4.00. The third kappa shape index (κ3) is 2.72. The highest BCUT2D eigenvalue weighted by Crippen LogP contribution is 2.11. The first-order valence-corrected chi connectivity index (χ1v) is 3.73. The van der Waals surface area contributed by atoms with Crippen LogP contribution >= 0.6 is 11.6 Å². The van der Waals surface area contributed by atoms with Crippen LogP contribution in [0.2, 0.25) is 5.28 Å². The molecule has 0 aliphatic carbocycles. The number of halogens is 1. The van der Waals surface area contributed by atoms with Gasteiger partial charge in [-0.1, -0.05) is 0 Å². The van der Waals surface area contributed by atoms with Gasteiger partial charge in [-0.25, -0.2) is 9.97 Å². The minimum atomic E-state index is -0.561. The largest absolute Gasteiger partial charge is 0.383 e. The van der Waals surface area contributed by atoms with Crippen LogP contribution in [0.3, 0.4) is 0 Å². The van der Waals surface area contributed by atoms with Crippen LogP contribution in [-0.2, 0) is 4.79 Å². The number of hydrogen-bond acceptors (Lipinski definition) is 4. The third-order valence-corrected chi connectivity index (χ3v) is 1.43. The smallest absolute Gasteiger partial charge is 0.241 e. The molecule has 0 atom stereocenters. The number of nitrogens with zero attached hydrogens (tertiary/aromatic N) is 2. The molecular formula is C7H7ClN4O. The Bertz CT molecular complexity index is 364. The first-order chi connectivity index (χ1) is 6.09. The molecule has 5 nitrogen and oxygen atoms in total. The van der Waals surface area contributed by atoms with Gasteiger partial charge >= 0.3 is 0 Å². The van der Waals surface area contributed by atoms with Crippen LogP contribution in [0.4, 0.5) is 5.82 Å². The second-order valence-electron chi connectivity index (χ2n) is 2.22. The molecule has 0 aromatic carbocycles. The second-order valence-corrected chi connectivity index (χ2v) is 2.55. The molecule has 0 aliphatic rings. The number of nitrogen functional groups attached to an aromatic ring is 1. The zero-order chi connectivity index (χ0) is 9.84. The first kappa shape index (κ1) is 9.47. The van der Waals surface area contributed by atoms with Gasteiger partial charge < -0.3 is 11.5 Å². The molecule has 1 aromatic heterocycles. The molecule has 0 aliphatic heterocycles. The standard InChI is InChI=1S/C7H7ClN4O/c8-7-11-3-4(6(10)12-7)1-2-5(9)13/h1-3H,(H2,9,13)(H2,10,11,12). The Hall–Kier alpha value is -1.62. The fourth-order valence-corrected chi connectivity index (χ4v) is 0.822. The van der Waals surface area contributed by atoms with E-state index in [-0.39, 0.29) is 11.1 Å². The quantitative estimate of drug-likeness (QED) is 0.525. The number of rotatable bonds is 2. The van der Waals surface area contributed by atoms with Crippen LogP contribution in [0.5, 0.6) is 0 Å². The Morgan fingerprint density at radius 2 is 2.31 bits per heavy atom. The third-order valence-electron chi connectivity index (χ3n) is 1.25. The second kappa shape index (κ2) is 3.86. The minimum Gasteiger partial charge on any atom is -0.383 e. The predicted molar refractivity (Wildman–Crippen MR) is 49.7 cm³/mol. The number of amides is 1. The molecule has 0 unspecified atom stereocenters. The average Bonchev–Trinajstić information content (AvgIpc) is 2.02. The Morgan fingerprint density at radius 3 is 2.85 bits per heavy atom. The average molecular weight is 199 g/mol. The molecule has 1 heterocycles. The lowest BCUT2D eigenvalue weighted by Gasteiger charge is -1.97. The summed E-state index contributed by atoms with van der Waals surface area (Å²) in [6.45, 7) is 0. The van der Waals surface area contributed by atoms with E-state index in [1.54, 1.807) is 0 Å². The Labute approximate surface area is 79.4 Å². The number of carbonyl (C=O) groups is 1. The van der Waals surface area contributed by atoms with E-state index in [9.17, 15) is 4.79 Å². The lowest BCUT2D eigenvalue weighted by molar-refractivity contribution is -0.113. The van der Waals surface area contributed by atoms with E-state index in [0.29, 0.717) is 5.56 Å². The summed E-state index contributed by atoms with van der Waals surface area (Å²) >= 11 is 5.46. The van der Waals surface area contributed by atoms with Gasteiger partial charge in [0.05, 0.1) is 0 Å². The Morgan fingerprint density at radius 1 is 1.62 bits per heavy atom. The fraction of sp³-hybridized carbons (Fsp3) is 0. The molecule has 13 heavy (non-hydrogen) atoms. The van der Waals surface area contributed by atoms with E-state index < -0.39 is 5.91 Å². The van der Waals surface area contributed by atoms with E-state index in [2.05, 4.69) is 9.97 Å². The molecule has 0 spiro atoms. The molecule has 6 heteroatoms. The normalized spacial score (nSPS) is 10.5. The number of nitrogens with two attached hydrogens (primary N) is 2. The van der Waals surface area contributed by atoms with Crippen molar-refractivity contribution >= 4 is 29.4 Å². The summed E-state index contributed by atoms with van der Waals surface area (Å²) in [4.78, 5) is 17.7. The summed E-state index contributed by atoms with van der Waals surface area (Å²) in [5, 5.41) is 0.0636. The molecule has 1 rings (SSSR count). The van der Waals surface area contributed by atoms with Crippen molar-refractivity contribution in [3.8, 4) is 0 Å². The highest BCUT2D eigenvalue weighted by Gasteiger charge is 1.98. The van der Waals surface area contributed by atoms with Crippen molar-refractivity contribution in [1.82, 2.24) is 9.97 Å². The maximum atomic E-state index is 10.4. The maximum absolute atomic E-state index is 10.4. The molecule has 68 valence electrons. The summed E-state index contributed by atoms with van der Waals surface area (Å²) in [6, 6.07) is 0. The van der Waals surface area contributed by atoms with E-state index in [1.165, 1.54) is 18.3 Å². The lowest BCUT2D eigenvalue weighted by Crippen LogP contribution is -2.05. The van der Waals surface area contributed by atoms with Crippen LogP contribution in [0.25, 0.3) is 6.08 Å². The number of primary amides is 1. The van der Waals surface area contributed by atoms with Gasteiger partial charge in [-0.3, -0.25) is 4.79 Å². The van der Waals surface area contributed by atoms with Gasteiger partial charge in [-0.05, 0) is 17.7 Å².